The molecule has 20 heavy (non-hydrogen) atoms. The molecule has 0 aliphatic heterocycles. The van der Waals surface area contributed by atoms with E-state index in [9.17, 15) is 9.50 Å². The highest BCUT2D eigenvalue weighted by atomic mass is 35.5. The molecule has 2 rings (SSSR count). The molecule has 1 unspecified atom stereocenters. The van der Waals surface area contributed by atoms with Gasteiger partial charge in [0.2, 0.25) is 0 Å². The van der Waals surface area contributed by atoms with Crippen LogP contribution in [0.4, 0.5) is 4.39 Å². The molecule has 2 aromatic rings. The lowest BCUT2D eigenvalue weighted by Crippen LogP contribution is -2.18. The van der Waals surface area contributed by atoms with E-state index in [0.717, 1.165) is 18.8 Å². The van der Waals surface area contributed by atoms with Crippen LogP contribution in [0.3, 0.4) is 0 Å². The minimum absolute atomic E-state index is 0.0854. The molecule has 0 fully saturated rings. The fourth-order valence-corrected chi connectivity index (χ4v) is 2.41. The normalized spacial score (nSPS) is 12.6. The second-order valence-corrected chi connectivity index (χ2v) is 5.22. The summed E-state index contributed by atoms with van der Waals surface area (Å²) in [5, 5.41) is 10.2. The average molecular weight is 297 g/mol. The number of hydrogen-bond donors (Lipinski definition) is 1. The van der Waals surface area contributed by atoms with Crippen molar-refractivity contribution in [3.05, 3.63) is 52.8 Å². The van der Waals surface area contributed by atoms with Crippen LogP contribution in [-0.4, -0.2) is 20.8 Å². The summed E-state index contributed by atoms with van der Waals surface area (Å²) in [5.41, 5.74) is 0.429. The number of aliphatic hydroxyl groups excluding tert-OH is 1. The fraction of sp³-hybridized carbons (Fsp3) is 0.400. The van der Waals surface area contributed by atoms with Gasteiger partial charge in [-0.3, -0.25) is 0 Å². The minimum atomic E-state index is -0.680. The van der Waals surface area contributed by atoms with Crippen molar-refractivity contribution in [2.75, 3.05) is 0 Å². The SMILES string of the molecule is CCCn1ccnc1CC(O)Cc1cccc(Cl)c1F. The van der Waals surface area contributed by atoms with Crippen molar-refractivity contribution >= 4 is 11.6 Å². The quantitative estimate of drug-likeness (QED) is 0.889. The number of benzene rings is 1. The number of halogens is 2. The maximum absolute atomic E-state index is 13.8. The molecule has 1 aromatic heterocycles. The van der Waals surface area contributed by atoms with E-state index in [2.05, 4.69) is 11.9 Å². The zero-order valence-corrected chi connectivity index (χ0v) is 12.1. The van der Waals surface area contributed by atoms with Crippen LogP contribution in [-0.2, 0) is 19.4 Å². The monoisotopic (exact) mass is 296 g/mol. The molecular formula is C15H18ClFN2O. The van der Waals surface area contributed by atoms with Crippen molar-refractivity contribution in [3.8, 4) is 0 Å². The van der Waals surface area contributed by atoms with Gasteiger partial charge in [0, 0.05) is 31.8 Å². The first-order valence-corrected chi connectivity index (χ1v) is 7.10. The minimum Gasteiger partial charge on any atom is -0.392 e. The molecule has 0 saturated carbocycles. The highest BCUT2D eigenvalue weighted by molar-refractivity contribution is 6.30. The number of rotatable bonds is 6. The number of imidazole rings is 1. The van der Waals surface area contributed by atoms with E-state index in [4.69, 9.17) is 11.6 Å². The van der Waals surface area contributed by atoms with E-state index in [1.165, 1.54) is 6.07 Å². The van der Waals surface area contributed by atoms with Gasteiger partial charge in [0.05, 0.1) is 11.1 Å². The highest BCUT2D eigenvalue weighted by Crippen LogP contribution is 2.19. The second-order valence-electron chi connectivity index (χ2n) is 4.81. The third-order valence-electron chi connectivity index (χ3n) is 3.17. The lowest BCUT2D eigenvalue weighted by Gasteiger charge is -2.13. The van der Waals surface area contributed by atoms with Gasteiger partial charge in [-0.15, -0.1) is 0 Å². The van der Waals surface area contributed by atoms with Crippen LogP contribution >= 0.6 is 11.6 Å². The Morgan fingerprint density at radius 1 is 1.40 bits per heavy atom. The van der Waals surface area contributed by atoms with Gasteiger partial charge in [0.15, 0.2) is 0 Å². The van der Waals surface area contributed by atoms with E-state index in [-0.39, 0.29) is 11.4 Å². The van der Waals surface area contributed by atoms with Crippen LogP contribution in [0.1, 0.15) is 24.7 Å². The van der Waals surface area contributed by atoms with Crippen molar-refractivity contribution in [1.29, 1.82) is 0 Å². The number of aromatic nitrogens is 2. The van der Waals surface area contributed by atoms with Crippen LogP contribution in [0.5, 0.6) is 0 Å². The molecular weight excluding hydrogens is 279 g/mol. The molecule has 0 radical (unpaired) electrons. The third-order valence-corrected chi connectivity index (χ3v) is 3.46. The smallest absolute Gasteiger partial charge is 0.145 e. The Bertz CT molecular complexity index is 571. The van der Waals surface area contributed by atoms with Crippen molar-refractivity contribution in [3.63, 3.8) is 0 Å². The van der Waals surface area contributed by atoms with Crippen LogP contribution < -0.4 is 0 Å². The van der Waals surface area contributed by atoms with Gasteiger partial charge < -0.3 is 9.67 Å². The molecule has 0 aliphatic rings. The summed E-state index contributed by atoms with van der Waals surface area (Å²) in [6, 6.07) is 4.83. The molecule has 3 nitrogen and oxygen atoms in total. The van der Waals surface area contributed by atoms with Gasteiger partial charge in [0.25, 0.3) is 0 Å². The summed E-state index contributed by atoms with van der Waals surface area (Å²) in [6.45, 7) is 2.95. The zero-order valence-electron chi connectivity index (χ0n) is 11.4. The molecule has 1 aromatic carbocycles. The first kappa shape index (κ1) is 15.0. The number of aliphatic hydroxyl groups is 1. The molecule has 1 atom stereocenters. The largest absolute Gasteiger partial charge is 0.392 e. The van der Waals surface area contributed by atoms with E-state index in [0.29, 0.717) is 12.0 Å². The standard InChI is InChI=1S/C15H18ClFN2O/c1-2-7-19-8-6-18-14(19)10-12(20)9-11-4-3-5-13(16)15(11)17/h3-6,8,12,20H,2,7,9-10H2,1H3. The van der Waals surface area contributed by atoms with E-state index >= 15 is 0 Å². The van der Waals surface area contributed by atoms with Crippen LogP contribution in [0.25, 0.3) is 0 Å². The fourth-order valence-electron chi connectivity index (χ4n) is 2.22. The van der Waals surface area contributed by atoms with Crippen LogP contribution in [0, 0.1) is 5.82 Å². The Morgan fingerprint density at radius 2 is 2.20 bits per heavy atom. The number of nitrogens with zero attached hydrogens (tertiary/aromatic N) is 2. The Hall–Kier alpha value is -1.39. The summed E-state index contributed by atoms with van der Waals surface area (Å²) in [6.07, 6.45) is 4.57. The van der Waals surface area contributed by atoms with Crippen molar-refractivity contribution in [2.45, 2.75) is 38.8 Å². The number of aryl methyl sites for hydroxylation is 1. The molecule has 0 amide bonds. The molecule has 1 heterocycles. The summed E-state index contributed by atoms with van der Waals surface area (Å²) in [7, 11) is 0. The second kappa shape index (κ2) is 6.86. The maximum Gasteiger partial charge on any atom is 0.145 e. The average Bonchev–Trinajstić information content (AvgIpc) is 2.83. The number of hydrogen-bond acceptors (Lipinski definition) is 2. The van der Waals surface area contributed by atoms with Crippen LogP contribution in [0.2, 0.25) is 5.02 Å². The Morgan fingerprint density at radius 3 is 2.95 bits per heavy atom. The van der Waals surface area contributed by atoms with E-state index in [1.54, 1.807) is 18.3 Å². The predicted octanol–water partition coefficient (Wildman–Crippen LogP) is 3.23. The molecule has 5 heteroatoms. The first-order valence-electron chi connectivity index (χ1n) is 6.72. The summed E-state index contributed by atoms with van der Waals surface area (Å²) < 4.78 is 15.8. The first-order chi connectivity index (χ1) is 9.61. The molecule has 0 bridgehead atoms. The van der Waals surface area contributed by atoms with E-state index in [1.807, 2.05) is 10.8 Å². The Labute approximate surface area is 123 Å². The zero-order chi connectivity index (χ0) is 14.5. The molecule has 0 saturated heterocycles. The van der Waals surface area contributed by atoms with Crippen molar-refractivity contribution in [1.82, 2.24) is 9.55 Å². The lowest BCUT2D eigenvalue weighted by molar-refractivity contribution is 0.170. The van der Waals surface area contributed by atoms with Gasteiger partial charge >= 0.3 is 0 Å². The van der Waals surface area contributed by atoms with Crippen molar-refractivity contribution in [2.24, 2.45) is 0 Å². The summed E-state index contributed by atoms with van der Waals surface area (Å²) in [5.74, 6) is 0.368. The Kier molecular flexibility index (Phi) is 5.15. The van der Waals surface area contributed by atoms with Crippen LogP contribution in [0.15, 0.2) is 30.6 Å². The summed E-state index contributed by atoms with van der Waals surface area (Å²) >= 11 is 5.73. The topological polar surface area (TPSA) is 38.0 Å². The van der Waals surface area contributed by atoms with Gasteiger partial charge in [-0.1, -0.05) is 30.7 Å². The van der Waals surface area contributed by atoms with Crippen molar-refractivity contribution < 1.29 is 9.50 Å². The molecule has 108 valence electrons. The summed E-state index contributed by atoms with van der Waals surface area (Å²) in [4.78, 5) is 4.24. The van der Waals surface area contributed by atoms with Gasteiger partial charge in [0.1, 0.15) is 11.6 Å². The Balaban J connectivity index is 2.03. The molecule has 0 aliphatic carbocycles. The molecule has 0 spiro atoms. The third kappa shape index (κ3) is 3.58. The highest BCUT2D eigenvalue weighted by Gasteiger charge is 2.14. The van der Waals surface area contributed by atoms with Gasteiger partial charge in [-0.05, 0) is 18.1 Å². The van der Waals surface area contributed by atoms with E-state index < -0.39 is 11.9 Å². The lowest BCUT2D eigenvalue weighted by atomic mass is 10.0. The van der Waals surface area contributed by atoms with Gasteiger partial charge in [-0.2, -0.15) is 0 Å². The van der Waals surface area contributed by atoms with Gasteiger partial charge in [-0.25, -0.2) is 9.37 Å². The predicted molar refractivity (Wildman–Crippen MR) is 77.3 cm³/mol. The molecule has 1 N–H and O–H groups in total. The maximum atomic E-state index is 13.8.